The molecule has 7 nitrogen and oxygen atoms in total. The molecular formula is C29H32FN3O4S. The number of thiazole rings is 1. The van der Waals surface area contributed by atoms with Crippen molar-refractivity contribution >= 4 is 32.7 Å². The Morgan fingerprint density at radius 1 is 1.18 bits per heavy atom. The van der Waals surface area contributed by atoms with Crippen molar-refractivity contribution in [3.05, 3.63) is 40.5 Å². The number of rotatable bonds is 7. The zero-order chi connectivity index (χ0) is 25.8. The zero-order valence-corrected chi connectivity index (χ0v) is 22.3. The first-order valence-electron chi connectivity index (χ1n) is 14.1. The number of piperidine rings is 1. The monoisotopic (exact) mass is 537 g/mol. The second kappa shape index (κ2) is 8.24. The van der Waals surface area contributed by atoms with Gasteiger partial charge in [-0.25, -0.2) is 14.2 Å². The van der Waals surface area contributed by atoms with Crippen LogP contribution < -0.4 is 4.90 Å². The molecule has 2 saturated heterocycles. The normalized spacial score (nSPS) is 33.7. The molecule has 4 heterocycles. The lowest BCUT2D eigenvalue weighted by molar-refractivity contribution is 0.0140. The molecule has 3 aromatic rings. The third kappa shape index (κ3) is 3.43. The highest BCUT2D eigenvalue weighted by Gasteiger charge is 2.66. The number of fused-ring (bicyclic) bond motifs is 4. The number of carbonyl (C=O) groups is 1. The van der Waals surface area contributed by atoms with Gasteiger partial charge in [0.05, 0.1) is 28.7 Å². The van der Waals surface area contributed by atoms with Gasteiger partial charge < -0.3 is 19.3 Å². The number of halogens is 1. The number of ether oxygens (including phenoxy) is 1. The van der Waals surface area contributed by atoms with Gasteiger partial charge in [0.15, 0.2) is 10.9 Å². The lowest BCUT2D eigenvalue weighted by Gasteiger charge is -2.38. The molecule has 0 spiro atoms. The van der Waals surface area contributed by atoms with Crippen molar-refractivity contribution in [3.8, 4) is 0 Å². The Morgan fingerprint density at radius 2 is 1.92 bits per heavy atom. The molecule has 38 heavy (non-hydrogen) atoms. The predicted molar refractivity (Wildman–Crippen MR) is 140 cm³/mol. The van der Waals surface area contributed by atoms with Crippen LogP contribution in [0.1, 0.15) is 98.0 Å². The quantitative estimate of drug-likeness (QED) is 0.373. The molecule has 5 atom stereocenters. The second-order valence-electron chi connectivity index (χ2n) is 12.4. The first-order valence-corrected chi connectivity index (χ1v) is 15.0. The standard InChI is InChI=1S/C29H32FN3O4S/c1-29(20-3-2-4-21(20)29)26-19(25(37-32-26)14-5-6-14)13-36-18-11-16-7-8-17(12-18)33(16)28-31-24-22(30)9-15(27(34)35)10-23(24)38-28/h9-10,14,16-18,20-21H,2-8,11-13H2,1H3,(H,34,35)/t16-,17+,18?,20-,21-/m1/s1. The summed E-state index contributed by atoms with van der Waals surface area (Å²) in [5, 5.41) is 14.8. The number of hydrogen-bond donors (Lipinski definition) is 1. The van der Waals surface area contributed by atoms with Crippen LogP contribution in [0.5, 0.6) is 0 Å². The van der Waals surface area contributed by atoms with E-state index in [-0.39, 0.29) is 22.6 Å². The smallest absolute Gasteiger partial charge is 0.335 e. The maximum atomic E-state index is 14.6. The Labute approximate surface area is 224 Å². The molecule has 2 aromatic heterocycles. The van der Waals surface area contributed by atoms with Gasteiger partial charge in [0.1, 0.15) is 11.3 Å². The number of anilines is 1. The minimum Gasteiger partial charge on any atom is -0.478 e. The summed E-state index contributed by atoms with van der Waals surface area (Å²) >= 11 is 1.39. The molecule has 1 N–H and O–H groups in total. The molecule has 3 aliphatic carbocycles. The van der Waals surface area contributed by atoms with Gasteiger partial charge in [0, 0.05) is 29.0 Å². The van der Waals surface area contributed by atoms with Gasteiger partial charge in [-0.3, -0.25) is 0 Å². The summed E-state index contributed by atoms with van der Waals surface area (Å²) in [6, 6.07) is 3.19. The van der Waals surface area contributed by atoms with Crippen LogP contribution in [0.3, 0.4) is 0 Å². The molecule has 3 saturated carbocycles. The van der Waals surface area contributed by atoms with E-state index in [0.717, 1.165) is 54.5 Å². The fourth-order valence-electron chi connectivity index (χ4n) is 8.15. The SMILES string of the molecule is CC1(c2noc(C3CC3)c2COC2C[C@H]3CC[C@@H](C2)N3c2nc3c(F)cc(C(=O)O)cc3s2)[C@@H]2CCC[C@H]21. The highest BCUT2D eigenvalue weighted by molar-refractivity contribution is 7.22. The van der Waals surface area contributed by atoms with E-state index in [1.807, 2.05) is 0 Å². The Balaban J connectivity index is 1.00. The van der Waals surface area contributed by atoms with E-state index in [9.17, 15) is 14.3 Å². The average molecular weight is 538 g/mol. The molecule has 2 aliphatic heterocycles. The van der Waals surface area contributed by atoms with Crippen LogP contribution in [-0.4, -0.2) is 39.4 Å². The van der Waals surface area contributed by atoms with Crippen molar-refractivity contribution in [2.24, 2.45) is 11.8 Å². The average Bonchev–Trinajstić information content (AvgIpc) is 3.46. The summed E-state index contributed by atoms with van der Waals surface area (Å²) in [5.74, 6) is 1.39. The maximum absolute atomic E-state index is 14.6. The van der Waals surface area contributed by atoms with Gasteiger partial charge in [-0.1, -0.05) is 29.8 Å². The summed E-state index contributed by atoms with van der Waals surface area (Å²) < 4.78 is 27.8. The molecular weight excluding hydrogens is 505 g/mol. The van der Waals surface area contributed by atoms with E-state index in [2.05, 4.69) is 22.0 Å². The van der Waals surface area contributed by atoms with Crippen LogP contribution in [0.25, 0.3) is 10.2 Å². The van der Waals surface area contributed by atoms with Crippen molar-refractivity contribution in [2.45, 2.75) is 101 Å². The Bertz CT molecular complexity index is 1420. The summed E-state index contributed by atoms with van der Waals surface area (Å²) in [6.45, 7) is 2.96. The Morgan fingerprint density at radius 3 is 2.61 bits per heavy atom. The largest absolute Gasteiger partial charge is 0.478 e. The first-order chi connectivity index (χ1) is 18.4. The van der Waals surface area contributed by atoms with Crippen LogP contribution in [0.4, 0.5) is 9.52 Å². The minimum absolute atomic E-state index is 0.0392. The van der Waals surface area contributed by atoms with Crippen LogP contribution in [0.2, 0.25) is 0 Å². The van der Waals surface area contributed by atoms with E-state index in [0.29, 0.717) is 29.3 Å². The lowest BCUT2D eigenvalue weighted by Crippen LogP contribution is -2.45. The highest BCUT2D eigenvalue weighted by Crippen LogP contribution is 2.68. The van der Waals surface area contributed by atoms with E-state index in [4.69, 9.17) is 9.26 Å². The Hall–Kier alpha value is -2.52. The molecule has 8 rings (SSSR count). The van der Waals surface area contributed by atoms with Crippen molar-refractivity contribution in [2.75, 3.05) is 4.90 Å². The minimum atomic E-state index is -1.13. The van der Waals surface area contributed by atoms with Crippen molar-refractivity contribution in [3.63, 3.8) is 0 Å². The summed E-state index contributed by atoms with van der Waals surface area (Å²) in [4.78, 5) is 18.3. The van der Waals surface area contributed by atoms with Gasteiger partial charge in [-0.05, 0) is 75.3 Å². The topological polar surface area (TPSA) is 88.7 Å². The number of benzene rings is 1. The van der Waals surface area contributed by atoms with Gasteiger partial charge in [-0.2, -0.15) is 0 Å². The number of aromatic nitrogens is 2. The number of carboxylic acids is 1. The number of aromatic carboxylic acids is 1. The van der Waals surface area contributed by atoms with Crippen LogP contribution >= 0.6 is 11.3 Å². The number of carboxylic acid groups (broad SMARTS) is 1. The molecule has 5 fully saturated rings. The molecule has 0 amide bonds. The van der Waals surface area contributed by atoms with Crippen molar-refractivity contribution in [1.29, 1.82) is 0 Å². The van der Waals surface area contributed by atoms with Crippen molar-refractivity contribution < 1.29 is 23.6 Å². The van der Waals surface area contributed by atoms with E-state index < -0.39 is 11.8 Å². The Kier molecular flexibility index (Phi) is 5.07. The number of nitrogens with zero attached hydrogens (tertiary/aromatic N) is 3. The molecule has 2 bridgehead atoms. The second-order valence-corrected chi connectivity index (χ2v) is 13.4. The number of hydrogen-bond acceptors (Lipinski definition) is 7. The van der Waals surface area contributed by atoms with E-state index in [1.54, 1.807) is 0 Å². The highest BCUT2D eigenvalue weighted by atomic mass is 32.1. The molecule has 0 radical (unpaired) electrons. The van der Waals surface area contributed by atoms with E-state index in [1.165, 1.54) is 60.8 Å². The maximum Gasteiger partial charge on any atom is 0.335 e. The third-order valence-electron chi connectivity index (χ3n) is 10.3. The molecule has 200 valence electrons. The first kappa shape index (κ1) is 23.4. The van der Waals surface area contributed by atoms with Gasteiger partial charge >= 0.3 is 5.97 Å². The lowest BCUT2D eigenvalue weighted by atomic mass is 9.90. The van der Waals surface area contributed by atoms with Gasteiger partial charge in [0.25, 0.3) is 0 Å². The summed E-state index contributed by atoms with van der Waals surface area (Å²) in [6.07, 6.45) is 10.4. The fraction of sp³-hybridized carbons (Fsp3) is 0.621. The summed E-state index contributed by atoms with van der Waals surface area (Å²) in [7, 11) is 0. The van der Waals surface area contributed by atoms with Gasteiger partial charge in [-0.15, -0.1) is 0 Å². The summed E-state index contributed by atoms with van der Waals surface area (Å²) in [5.41, 5.74) is 2.79. The van der Waals surface area contributed by atoms with Crippen LogP contribution in [-0.2, 0) is 16.8 Å². The molecule has 5 aliphatic rings. The van der Waals surface area contributed by atoms with E-state index >= 15 is 0 Å². The fourth-order valence-corrected chi connectivity index (χ4v) is 9.31. The van der Waals surface area contributed by atoms with Crippen LogP contribution in [0, 0.1) is 17.7 Å². The van der Waals surface area contributed by atoms with Crippen molar-refractivity contribution in [1.82, 2.24) is 10.1 Å². The van der Waals surface area contributed by atoms with Crippen LogP contribution in [0.15, 0.2) is 16.7 Å². The zero-order valence-electron chi connectivity index (χ0n) is 21.5. The predicted octanol–water partition coefficient (Wildman–Crippen LogP) is 6.40. The molecule has 1 aromatic carbocycles. The third-order valence-corrected chi connectivity index (χ3v) is 11.3. The molecule has 9 heteroatoms. The molecule has 1 unspecified atom stereocenters. The van der Waals surface area contributed by atoms with Gasteiger partial charge in [0.2, 0.25) is 0 Å².